The fourth-order valence-corrected chi connectivity index (χ4v) is 3.93. The number of rotatable bonds is 8. The van der Waals surface area contributed by atoms with E-state index in [0.29, 0.717) is 17.1 Å². The lowest BCUT2D eigenvalue weighted by atomic mass is 10.1. The number of thiophene rings is 1. The molecule has 0 aliphatic rings. The van der Waals surface area contributed by atoms with Crippen molar-refractivity contribution in [3.63, 3.8) is 0 Å². The zero-order valence-corrected chi connectivity index (χ0v) is 18.1. The van der Waals surface area contributed by atoms with Gasteiger partial charge in [-0.25, -0.2) is 4.79 Å². The van der Waals surface area contributed by atoms with Gasteiger partial charge in [0.15, 0.2) is 5.76 Å². The van der Waals surface area contributed by atoms with Crippen LogP contribution in [0.4, 0.5) is 5.00 Å². The third kappa shape index (κ3) is 5.13. The lowest BCUT2D eigenvalue weighted by Gasteiger charge is -2.06. The fraction of sp³-hybridized carbons (Fsp3) is 0.227. The van der Waals surface area contributed by atoms with Crippen LogP contribution in [0, 0.1) is 13.8 Å². The minimum absolute atomic E-state index is 0.0318. The highest BCUT2D eigenvalue weighted by molar-refractivity contribution is 7.18. The molecule has 1 aromatic carbocycles. The molecule has 0 radical (unpaired) electrons. The van der Waals surface area contributed by atoms with Crippen molar-refractivity contribution < 1.29 is 28.3 Å². The number of aryl methyl sites for hydroxylation is 1. The quantitative estimate of drug-likeness (QED) is 0.508. The van der Waals surface area contributed by atoms with Gasteiger partial charge in [0.2, 0.25) is 0 Å². The van der Waals surface area contributed by atoms with Crippen molar-refractivity contribution in [1.29, 1.82) is 0 Å². The van der Waals surface area contributed by atoms with Gasteiger partial charge in [0, 0.05) is 0 Å². The number of nitrogens with two attached hydrogens (primary N) is 1. The molecule has 2 aromatic heterocycles. The van der Waals surface area contributed by atoms with E-state index in [4.69, 9.17) is 19.6 Å². The number of hydrogen-bond donors (Lipinski definition) is 2. The molecule has 2 amide bonds. The van der Waals surface area contributed by atoms with E-state index < -0.39 is 17.8 Å². The molecule has 3 N–H and O–H groups in total. The van der Waals surface area contributed by atoms with Crippen LogP contribution >= 0.6 is 11.3 Å². The molecule has 0 aliphatic carbocycles. The van der Waals surface area contributed by atoms with Crippen LogP contribution < -0.4 is 15.8 Å². The molecule has 2 heterocycles. The Bertz CT molecular complexity index is 1130. The summed E-state index contributed by atoms with van der Waals surface area (Å²) >= 11 is 0.913. The van der Waals surface area contributed by atoms with Crippen LogP contribution in [0.25, 0.3) is 0 Å². The third-order valence-electron chi connectivity index (χ3n) is 4.33. The van der Waals surface area contributed by atoms with Crippen LogP contribution in [0.15, 0.2) is 40.8 Å². The molecule has 0 bridgehead atoms. The summed E-state index contributed by atoms with van der Waals surface area (Å²) in [7, 11) is 0. The summed E-state index contributed by atoms with van der Waals surface area (Å²) in [5.41, 5.74) is 6.91. The molecule has 0 spiro atoms. The van der Waals surface area contributed by atoms with Crippen molar-refractivity contribution in [2.45, 2.75) is 27.4 Å². The maximum atomic E-state index is 12.7. The molecule has 9 heteroatoms. The first kappa shape index (κ1) is 22.1. The van der Waals surface area contributed by atoms with Crippen molar-refractivity contribution in [3.8, 4) is 5.75 Å². The van der Waals surface area contributed by atoms with Gasteiger partial charge in [-0.1, -0.05) is 12.1 Å². The van der Waals surface area contributed by atoms with Gasteiger partial charge < -0.3 is 24.9 Å². The normalized spacial score (nSPS) is 10.5. The lowest BCUT2D eigenvalue weighted by molar-refractivity contribution is 0.0527. The minimum atomic E-state index is -0.692. The average Bonchev–Trinajstić information content (AvgIpc) is 3.31. The molecule has 0 atom stereocenters. The van der Waals surface area contributed by atoms with Gasteiger partial charge >= 0.3 is 5.97 Å². The molecule has 162 valence electrons. The topological polar surface area (TPSA) is 121 Å². The Labute approximate surface area is 183 Å². The highest BCUT2D eigenvalue weighted by Gasteiger charge is 2.26. The molecular weight excluding hydrogens is 420 g/mol. The average molecular weight is 442 g/mol. The molecule has 8 nitrogen and oxygen atoms in total. The molecule has 0 aliphatic heterocycles. The summed E-state index contributed by atoms with van der Waals surface area (Å²) in [6.07, 6.45) is 0. The standard InChI is InChI=1S/C22H22N2O6S/c1-4-28-22(27)17-13(3)18(19(23)25)31-21(17)24-20(26)16-9-8-15(30-16)11-29-14-7-5-6-12(2)10-14/h5-10H,4,11H2,1-3H3,(H2,23,25)(H,24,26). The van der Waals surface area contributed by atoms with Crippen molar-refractivity contribution >= 4 is 34.1 Å². The van der Waals surface area contributed by atoms with Crippen LogP contribution in [-0.4, -0.2) is 24.4 Å². The van der Waals surface area contributed by atoms with Crippen LogP contribution in [-0.2, 0) is 11.3 Å². The number of hydrogen-bond acceptors (Lipinski definition) is 7. The fourth-order valence-electron chi connectivity index (χ4n) is 2.89. The second kappa shape index (κ2) is 9.48. The molecule has 0 saturated carbocycles. The number of ether oxygens (including phenoxy) is 2. The Morgan fingerprint density at radius 3 is 2.61 bits per heavy atom. The number of esters is 1. The smallest absolute Gasteiger partial charge is 0.341 e. The molecule has 31 heavy (non-hydrogen) atoms. The van der Waals surface area contributed by atoms with Crippen molar-refractivity contribution in [2.75, 3.05) is 11.9 Å². The van der Waals surface area contributed by atoms with Crippen molar-refractivity contribution in [1.82, 2.24) is 0 Å². The largest absolute Gasteiger partial charge is 0.486 e. The Morgan fingerprint density at radius 1 is 1.16 bits per heavy atom. The van der Waals surface area contributed by atoms with Crippen LogP contribution in [0.2, 0.25) is 0 Å². The van der Waals surface area contributed by atoms with Gasteiger partial charge in [-0.3, -0.25) is 9.59 Å². The van der Waals surface area contributed by atoms with E-state index >= 15 is 0 Å². The van der Waals surface area contributed by atoms with Gasteiger partial charge in [-0.15, -0.1) is 11.3 Å². The first-order valence-electron chi connectivity index (χ1n) is 9.50. The zero-order chi connectivity index (χ0) is 22.5. The maximum Gasteiger partial charge on any atom is 0.341 e. The van der Waals surface area contributed by atoms with E-state index in [1.807, 2.05) is 31.2 Å². The summed E-state index contributed by atoms with van der Waals surface area (Å²) in [5, 5.41) is 2.78. The van der Waals surface area contributed by atoms with Crippen molar-refractivity contribution in [2.24, 2.45) is 5.73 Å². The number of carbonyl (C=O) groups is 3. The number of anilines is 1. The summed E-state index contributed by atoms with van der Waals surface area (Å²) in [6.45, 7) is 5.50. The minimum Gasteiger partial charge on any atom is -0.486 e. The molecule has 3 aromatic rings. The Morgan fingerprint density at radius 2 is 1.94 bits per heavy atom. The first-order chi connectivity index (χ1) is 14.8. The SMILES string of the molecule is CCOC(=O)c1c(NC(=O)c2ccc(COc3cccc(C)c3)o2)sc(C(N)=O)c1C. The third-order valence-corrected chi connectivity index (χ3v) is 5.56. The van der Waals surface area contributed by atoms with E-state index in [0.717, 1.165) is 16.9 Å². The second-order valence-corrected chi connectivity index (χ2v) is 7.69. The van der Waals surface area contributed by atoms with E-state index in [9.17, 15) is 14.4 Å². The second-order valence-electron chi connectivity index (χ2n) is 6.67. The predicted octanol–water partition coefficient (Wildman–Crippen LogP) is 4.06. The Kier molecular flexibility index (Phi) is 6.76. The van der Waals surface area contributed by atoms with Crippen LogP contribution in [0.5, 0.6) is 5.75 Å². The van der Waals surface area contributed by atoms with E-state index in [1.165, 1.54) is 6.07 Å². The van der Waals surface area contributed by atoms with Gasteiger partial charge in [0.25, 0.3) is 11.8 Å². The van der Waals surface area contributed by atoms with E-state index in [1.54, 1.807) is 19.9 Å². The molecule has 3 rings (SSSR count). The summed E-state index contributed by atoms with van der Waals surface area (Å²) < 4.78 is 16.3. The molecular formula is C22H22N2O6S. The molecule has 0 unspecified atom stereocenters. The van der Waals surface area contributed by atoms with E-state index in [2.05, 4.69) is 5.32 Å². The molecule has 0 fully saturated rings. The molecule has 0 saturated heterocycles. The van der Waals surface area contributed by atoms with Gasteiger partial charge in [-0.2, -0.15) is 0 Å². The van der Waals surface area contributed by atoms with Gasteiger partial charge in [0.1, 0.15) is 23.1 Å². The highest BCUT2D eigenvalue weighted by Crippen LogP contribution is 2.34. The lowest BCUT2D eigenvalue weighted by Crippen LogP contribution is -2.14. The number of carbonyl (C=O) groups excluding carboxylic acids is 3. The number of primary amides is 1. The highest BCUT2D eigenvalue weighted by atomic mass is 32.1. The van der Waals surface area contributed by atoms with Crippen molar-refractivity contribution in [3.05, 3.63) is 69.5 Å². The predicted molar refractivity (Wildman–Crippen MR) is 116 cm³/mol. The van der Waals surface area contributed by atoms with Crippen LogP contribution in [0.1, 0.15) is 54.4 Å². The summed E-state index contributed by atoms with van der Waals surface area (Å²) in [6, 6.07) is 10.7. The monoisotopic (exact) mass is 442 g/mol. The van der Waals surface area contributed by atoms with Gasteiger partial charge in [0.05, 0.1) is 17.0 Å². The number of benzene rings is 1. The number of nitrogens with one attached hydrogen (secondary N) is 1. The maximum absolute atomic E-state index is 12.7. The van der Waals surface area contributed by atoms with E-state index in [-0.39, 0.29) is 34.4 Å². The van der Waals surface area contributed by atoms with Gasteiger partial charge in [-0.05, 0) is 56.2 Å². The summed E-state index contributed by atoms with van der Waals surface area (Å²) in [5.74, 6) is -0.742. The van der Waals surface area contributed by atoms with Crippen LogP contribution in [0.3, 0.4) is 0 Å². The zero-order valence-electron chi connectivity index (χ0n) is 17.3. The Balaban J connectivity index is 1.75. The number of amides is 2. The summed E-state index contributed by atoms with van der Waals surface area (Å²) in [4.78, 5) is 36.8. The Hall–Kier alpha value is -3.59. The number of furan rings is 1. The first-order valence-corrected chi connectivity index (χ1v) is 10.3.